The molecule has 1 saturated carbocycles. The standard InChI is InChI=1S/C9H11NO2S/c11-6-7-5-8(7)13-9-3-1-2-4-10(9)12/h1-4,7-8,11H,5-6H2. The van der Waals surface area contributed by atoms with E-state index < -0.39 is 0 Å². The molecule has 2 atom stereocenters. The Labute approximate surface area is 81.0 Å². The number of aliphatic hydroxyl groups is 1. The molecule has 0 saturated heterocycles. The molecule has 4 heteroatoms. The van der Waals surface area contributed by atoms with E-state index in [0.717, 1.165) is 16.2 Å². The van der Waals surface area contributed by atoms with E-state index in [4.69, 9.17) is 5.11 Å². The van der Waals surface area contributed by atoms with Crippen LogP contribution in [0.5, 0.6) is 0 Å². The second-order valence-corrected chi connectivity index (χ2v) is 4.46. The van der Waals surface area contributed by atoms with Crippen LogP contribution >= 0.6 is 11.8 Å². The number of aliphatic hydroxyl groups excluding tert-OH is 1. The Balaban J connectivity index is 1.99. The van der Waals surface area contributed by atoms with Crippen molar-refractivity contribution in [3.05, 3.63) is 29.6 Å². The smallest absolute Gasteiger partial charge is 0.251 e. The minimum atomic E-state index is 0.239. The van der Waals surface area contributed by atoms with Gasteiger partial charge < -0.3 is 10.3 Å². The first-order valence-corrected chi connectivity index (χ1v) is 5.15. The van der Waals surface area contributed by atoms with E-state index >= 15 is 0 Å². The van der Waals surface area contributed by atoms with Crippen molar-refractivity contribution in [1.29, 1.82) is 0 Å². The zero-order valence-corrected chi connectivity index (χ0v) is 7.91. The molecule has 70 valence electrons. The van der Waals surface area contributed by atoms with Crippen LogP contribution in [0.15, 0.2) is 29.4 Å². The van der Waals surface area contributed by atoms with Crippen LogP contribution in [-0.4, -0.2) is 17.0 Å². The maximum atomic E-state index is 11.2. The SMILES string of the molecule is [O-][n+]1ccccc1SC1CC1CO. The van der Waals surface area contributed by atoms with Crippen LogP contribution < -0.4 is 4.73 Å². The second kappa shape index (κ2) is 3.55. The van der Waals surface area contributed by atoms with Gasteiger partial charge in [-0.05, 0) is 18.4 Å². The summed E-state index contributed by atoms with van der Waals surface area (Å²) in [6.07, 6.45) is 2.52. The van der Waals surface area contributed by atoms with Gasteiger partial charge in [0, 0.05) is 24.0 Å². The van der Waals surface area contributed by atoms with Crippen LogP contribution in [0.4, 0.5) is 0 Å². The van der Waals surface area contributed by atoms with E-state index in [-0.39, 0.29) is 6.61 Å². The summed E-state index contributed by atoms with van der Waals surface area (Å²) < 4.78 is 0.872. The summed E-state index contributed by atoms with van der Waals surface area (Å²) in [5, 5.41) is 21.2. The molecule has 1 heterocycles. The number of aromatic nitrogens is 1. The van der Waals surface area contributed by atoms with Gasteiger partial charge >= 0.3 is 0 Å². The molecule has 2 unspecified atom stereocenters. The molecule has 1 fully saturated rings. The first-order valence-electron chi connectivity index (χ1n) is 4.27. The van der Waals surface area contributed by atoms with E-state index in [2.05, 4.69) is 0 Å². The fourth-order valence-corrected chi connectivity index (χ4v) is 2.47. The van der Waals surface area contributed by atoms with Gasteiger partial charge in [-0.25, -0.2) is 0 Å². The van der Waals surface area contributed by atoms with E-state index in [0.29, 0.717) is 11.2 Å². The molecule has 1 aromatic rings. The molecule has 0 radical (unpaired) electrons. The van der Waals surface area contributed by atoms with Crippen LogP contribution in [0.25, 0.3) is 0 Å². The molecular formula is C9H11NO2S. The first kappa shape index (κ1) is 8.84. The minimum absolute atomic E-state index is 0.239. The summed E-state index contributed by atoms with van der Waals surface area (Å²) in [5.74, 6) is 0.394. The van der Waals surface area contributed by atoms with E-state index in [9.17, 15) is 5.21 Å². The highest BCUT2D eigenvalue weighted by atomic mass is 32.2. The molecule has 1 aromatic heterocycles. The van der Waals surface area contributed by atoms with E-state index in [1.165, 1.54) is 6.20 Å². The highest BCUT2D eigenvalue weighted by molar-refractivity contribution is 8.00. The average molecular weight is 197 g/mol. The Morgan fingerprint density at radius 2 is 2.46 bits per heavy atom. The summed E-state index contributed by atoms with van der Waals surface area (Å²) in [6, 6.07) is 5.38. The third-order valence-corrected chi connectivity index (χ3v) is 3.59. The largest absolute Gasteiger partial charge is 0.618 e. The number of rotatable bonds is 3. The fraction of sp³-hybridized carbons (Fsp3) is 0.444. The highest BCUT2D eigenvalue weighted by Gasteiger charge is 2.38. The van der Waals surface area contributed by atoms with Gasteiger partial charge in [-0.15, -0.1) is 0 Å². The zero-order valence-electron chi connectivity index (χ0n) is 7.09. The van der Waals surface area contributed by atoms with Gasteiger partial charge in [0.2, 0.25) is 0 Å². The van der Waals surface area contributed by atoms with Crippen molar-refractivity contribution >= 4 is 11.8 Å². The van der Waals surface area contributed by atoms with Crippen molar-refractivity contribution in [2.24, 2.45) is 5.92 Å². The molecule has 0 aliphatic heterocycles. The van der Waals surface area contributed by atoms with Gasteiger partial charge in [0.05, 0.1) is 0 Å². The van der Waals surface area contributed by atoms with Gasteiger partial charge in [0.25, 0.3) is 5.03 Å². The molecule has 1 aliphatic rings. The van der Waals surface area contributed by atoms with Crippen molar-refractivity contribution in [2.75, 3.05) is 6.61 Å². The number of pyridine rings is 1. The van der Waals surface area contributed by atoms with Crippen LogP contribution in [0, 0.1) is 11.1 Å². The molecule has 1 aliphatic carbocycles. The summed E-state index contributed by atoms with van der Waals surface area (Å²) in [6.45, 7) is 0.239. The predicted octanol–water partition coefficient (Wildman–Crippen LogP) is 0.793. The maximum absolute atomic E-state index is 11.2. The van der Waals surface area contributed by atoms with Gasteiger partial charge in [-0.1, -0.05) is 11.8 Å². The van der Waals surface area contributed by atoms with Crippen molar-refractivity contribution in [2.45, 2.75) is 16.7 Å². The van der Waals surface area contributed by atoms with Crippen molar-refractivity contribution in [3.63, 3.8) is 0 Å². The quantitative estimate of drug-likeness (QED) is 0.575. The van der Waals surface area contributed by atoms with E-state index in [1.54, 1.807) is 17.8 Å². The molecular weight excluding hydrogens is 186 g/mol. The lowest BCUT2D eigenvalue weighted by Gasteiger charge is -2.01. The molecule has 13 heavy (non-hydrogen) atoms. The summed E-state index contributed by atoms with van der Waals surface area (Å²) >= 11 is 1.56. The molecule has 3 nitrogen and oxygen atoms in total. The monoisotopic (exact) mass is 197 g/mol. The number of thioether (sulfide) groups is 1. The Morgan fingerprint density at radius 3 is 3.08 bits per heavy atom. The lowest BCUT2D eigenvalue weighted by Crippen LogP contribution is -2.27. The third kappa shape index (κ3) is 1.95. The van der Waals surface area contributed by atoms with Crippen LogP contribution in [0.2, 0.25) is 0 Å². The van der Waals surface area contributed by atoms with Gasteiger partial charge in [0.15, 0.2) is 6.20 Å². The third-order valence-electron chi connectivity index (χ3n) is 2.15. The molecule has 0 bridgehead atoms. The van der Waals surface area contributed by atoms with Gasteiger partial charge in [-0.2, -0.15) is 4.73 Å². The van der Waals surface area contributed by atoms with Gasteiger partial charge in [-0.3, -0.25) is 0 Å². The molecule has 0 aromatic carbocycles. The number of nitrogens with zero attached hydrogens (tertiary/aromatic N) is 1. The Kier molecular flexibility index (Phi) is 2.42. The first-order chi connectivity index (χ1) is 6.31. The second-order valence-electron chi connectivity index (χ2n) is 3.20. The predicted molar refractivity (Wildman–Crippen MR) is 50.2 cm³/mol. The Morgan fingerprint density at radius 1 is 1.62 bits per heavy atom. The van der Waals surface area contributed by atoms with E-state index in [1.807, 2.05) is 12.1 Å². The summed E-state index contributed by atoms with van der Waals surface area (Å²) in [5.41, 5.74) is 0. The van der Waals surface area contributed by atoms with Crippen LogP contribution in [0.3, 0.4) is 0 Å². The number of hydrogen-bond donors (Lipinski definition) is 1. The van der Waals surface area contributed by atoms with Crippen LogP contribution in [0.1, 0.15) is 6.42 Å². The minimum Gasteiger partial charge on any atom is -0.618 e. The van der Waals surface area contributed by atoms with Gasteiger partial charge in [0.1, 0.15) is 0 Å². The lowest BCUT2D eigenvalue weighted by molar-refractivity contribution is -0.645. The Bertz CT molecular complexity index is 305. The zero-order chi connectivity index (χ0) is 9.26. The average Bonchev–Trinajstić information content (AvgIpc) is 2.88. The molecule has 0 spiro atoms. The molecule has 0 amide bonds. The van der Waals surface area contributed by atoms with Crippen molar-refractivity contribution in [1.82, 2.24) is 0 Å². The lowest BCUT2D eigenvalue weighted by atomic mass is 10.5. The van der Waals surface area contributed by atoms with Crippen molar-refractivity contribution < 1.29 is 9.84 Å². The van der Waals surface area contributed by atoms with Crippen molar-refractivity contribution in [3.8, 4) is 0 Å². The molecule has 2 rings (SSSR count). The van der Waals surface area contributed by atoms with Crippen LogP contribution in [-0.2, 0) is 0 Å². The molecule has 1 N–H and O–H groups in total. The summed E-state index contributed by atoms with van der Waals surface area (Å²) in [4.78, 5) is 0. The maximum Gasteiger partial charge on any atom is 0.251 e. The summed E-state index contributed by atoms with van der Waals surface area (Å²) in [7, 11) is 0. The number of hydrogen-bond acceptors (Lipinski definition) is 3. The topological polar surface area (TPSA) is 47.2 Å². The highest BCUT2D eigenvalue weighted by Crippen LogP contribution is 2.43. The normalized spacial score (nSPS) is 25.9. The fourth-order valence-electron chi connectivity index (χ4n) is 1.22. The Hall–Kier alpha value is -0.740.